The first-order valence-electron chi connectivity index (χ1n) is 35.2. The van der Waals surface area contributed by atoms with E-state index < -0.39 is 93.8 Å². The van der Waals surface area contributed by atoms with Crippen molar-refractivity contribution >= 4 is 127 Å². The van der Waals surface area contributed by atoms with Crippen molar-refractivity contribution in [3.63, 3.8) is 0 Å². The molecule has 1 spiro atoms. The number of rotatable bonds is 43. The summed E-state index contributed by atoms with van der Waals surface area (Å²) in [7, 11) is -33.8. The Labute approximate surface area is 715 Å². The summed E-state index contributed by atoms with van der Waals surface area (Å²) in [5.74, 6) is -1.15. The van der Waals surface area contributed by atoms with E-state index in [9.17, 15) is 70.0 Å². The summed E-state index contributed by atoms with van der Waals surface area (Å²) in [6.07, 6.45) is 1.68. The van der Waals surface area contributed by atoms with Gasteiger partial charge in [-0.1, -0.05) is 0 Å². The van der Waals surface area contributed by atoms with Crippen LogP contribution < -0.4 is 134 Å². The van der Waals surface area contributed by atoms with Crippen molar-refractivity contribution in [1.29, 1.82) is 0 Å². The molecular formula is C67H89N10Na4O19S4Si3+. The molecule has 0 N–H and O–H groups in total. The third-order valence-electron chi connectivity index (χ3n) is 20.9. The van der Waals surface area contributed by atoms with Crippen LogP contribution in [0.25, 0.3) is 21.5 Å². The summed E-state index contributed by atoms with van der Waals surface area (Å²) in [5, 5.41) is 13.8. The van der Waals surface area contributed by atoms with Gasteiger partial charge in [-0.2, -0.15) is 0 Å². The number of nitrogens with zero attached hydrogens (tertiary/aromatic N) is 10. The zero-order valence-corrected chi connectivity index (χ0v) is 76.9. The van der Waals surface area contributed by atoms with Gasteiger partial charge < -0.3 is 14.6 Å². The van der Waals surface area contributed by atoms with E-state index in [1.807, 2.05) is 97.1 Å². The number of aliphatic imine (C=N–C) groups is 2. The zero-order valence-electron chi connectivity index (χ0n) is 62.6. The number of fused-ring (bicyclic) bond motifs is 12. The second-order valence-corrected chi connectivity index (χ2v) is 49.5. The molecule has 4 aromatic carbocycles. The van der Waals surface area contributed by atoms with Crippen LogP contribution in [0.4, 0.5) is 11.6 Å². The molecule has 2 aromatic heterocycles. The summed E-state index contributed by atoms with van der Waals surface area (Å²) in [5.41, 5.74) is 3.95. The van der Waals surface area contributed by atoms with Gasteiger partial charge in [0, 0.05) is 12.4 Å². The number of carboxylic acid groups (broad SMARTS) is 1. The van der Waals surface area contributed by atoms with Crippen LogP contribution in [0.3, 0.4) is 0 Å². The molecule has 6 aliphatic rings. The number of aromatic nitrogens is 2. The second-order valence-electron chi connectivity index (χ2n) is 29.2. The average Bonchev–Trinajstić information content (AvgIpc) is 1.46. The number of hydrogen-bond donors (Lipinski definition) is 0. The van der Waals surface area contributed by atoms with Crippen LogP contribution in [0.5, 0.6) is 0 Å². The van der Waals surface area contributed by atoms with Crippen molar-refractivity contribution in [2.24, 2.45) is 20.0 Å². The summed E-state index contributed by atoms with van der Waals surface area (Å²) < 4.78 is 193. The van der Waals surface area contributed by atoms with Gasteiger partial charge in [0.15, 0.2) is 0 Å². The van der Waals surface area contributed by atoms with Gasteiger partial charge >= 0.3 is 677 Å². The maximum absolute atomic E-state index is 12.4. The van der Waals surface area contributed by atoms with E-state index in [0.29, 0.717) is 89.1 Å². The predicted molar refractivity (Wildman–Crippen MR) is 386 cm³/mol. The number of carbonyl (C=O) groups is 1. The molecule has 0 radical (unpaired) electrons. The standard InChI is InChI=1S/C67H92N10O19S4Si3.4Na/c1-6-7-31-77(35-19-48-100(89,90)91,38-40-93-42-44-94-43-41-92-39-30-59(78)79)37-21-50-102(4,5)96-103(95-101(2,3)49-20-36-76(32-16-45-97(80,81)82,33-17-46-98(83,84)85)34-18-47-99(86,87)88)72-60-51-22-8-9-23-52(51)61(72)69-63-55-26-12-13-27-56(55)65(74(63)103)71-67-58-29-15-14-28-57(58)66(75(67)103)70-64-54-25-11-10-24-53(54)62(68-60)73(64)103;;;;/h8-15,22-29H,6-7,16-21,30-50H2,1-5H3,(H3-2,78,79,80,81,82,83,84,85,86,87,88,89,90,91);;;;/q;4*+1/p-3. The molecule has 0 amide bonds. The van der Waals surface area contributed by atoms with Crippen molar-refractivity contribution in [2.45, 2.75) is 103 Å². The van der Waals surface area contributed by atoms with Crippen LogP contribution in [-0.2, 0) is 67.7 Å². The average molecular weight is 1640 g/mol. The van der Waals surface area contributed by atoms with E-state index in [2.05, 4.69) is 50.1 Å². The second kappa shape index (κ2) is 34.7. The summed E-state index contributed by atoms with van der Waals surface area (Å²) in [4.78, 5) is 34.2. The predicted octanol–water partition coefficient (Wildman–Crippen LogP) is -8.07. The van der Waals surface area contributed by atoms with E-state index in [1.165, 1.54) is 0 Å². The molecular weight excluding hydrogens is 1550 g/mol. The molecule has 1 atom stereocenters. The Hall–Kier alpha value is -2.28. The molecule has 40 heteroatoms. The Bertz CT molecular complexity index is 4900. The molecule has 107 heavy (non-hydrogen) atoms. The van der Waals surface area contributed by atoms with Gasteiger partial charge in [-0.25, -0.2) is 0 Å². The van der Waals surface area contributed by atoms with E-state index >= 15 is 0 Å². The number of amidine groups is 4. The topological polar surface area (TPSA) is 380 Å². The van der Waals surface area contributed by atoms with Crippen LogP contribution >= 0.6 is 0 Å². The van der Waals surface area contributed by atoms with Crippen LogP contribution in [0.15, 0.2) is 117 Å². The number of benzene rings is 4. The minimum absolute atomic E-state index is 0. The molecule has 6 aliphatic heterocycles. The quantitative estimate of drug-likeness (QED) is 0.0148. The third kappa shape index (κ3) is 17.8. The number of aliphatic carboxylic acids is 1. The van der Waals surface area contributed by atoms with Crippen LogP contribution in [0.2, 0.25) is 38.3 Å². The van der Waals surface area contributed by atoms with E-state index in [1.54, 1.807) is 0 Å². The van der Waals surface area contributed by atoms with E-state index in [0.717, 1.165) is 56.6 Å². The monoisotopic (exact) mass is 1640 g/mol. The summed E-state index contributed by atoms with van der Waals surface area (Å²) in [6, 6.07) is 32.6. The Morgan fingerprint density at radius 3 is 1.14 bits per heavy atom. The molecule has 0 fully saturated rings. The molecule has 0 bridgehead atoms. The van der Waals surface area contributed by atoms with E-state index in [-0.39, 0.29) is 233 Å². The Morgan fingerprint density at radius 2 is 0.766 bits per heavy atom. The van der Waals surface area contributed by atoms with Gasteiger partial charge in [-0.15, -0.1) is 0 Å². The molecule has 29 nitrogen and oxygen atoms in total. The fraction of sp³-hybridized carbons (Fsp3) is 0.507. The van der Waals surface area contributed by atoms with Crippen LogP contribution in [0, 0.1) is 0 Å². The van der Waals surface area contributed by atoms with Gasteiger partial charge in [0.05, 0.1) is 19.8 Å². The van der Waals surface area contributed by atoms with Gasteiger partial charge in [0.25, 0.3) is 0 Å². The molecule has 6 aromatic rings. The number of ether oxygens (including phenoxy) is 3. The Balaban J connectivity index is 0.00000361. The number of carbonyl (C=O) groups excluding carboxylic acids is 1. The minimum Gasteiger partial charge on any atom is -0.550 e. The fourth-order valence-corrected chi connectivity index (χ4v) is 41.2. The number of hydrogen-bond acceptors (Lipinski definition) is 23. The van der Waals surface area contributed by atoms with Crippen molar-refractivity contribution in [1.82, 2.24) is 8.47 Å². The SMILES string of the molecule is CCCC[N+](CCC[Si](C)(C)O[Si-2]123(O[Si](C)(C)CCC[N+](CCCS(=O)(=O)[O-])(CCCS(=O)(=O)[O-])CCCS(=O)(=O)[O-])n4c5c6ccccc6c4N=C4c6ccccc6C(=[N+]41)N=c1c4ccccc4c(n12)=NC1=[N+]3C(=N5)c2ccccc21)(CCCS(=O)(=O)[O-])CCOCCOCCOCCC(=O)[O-].[Na+].[Na+].[Na+].[Na+]. The Kier molecular flexibility index (Phi) is 29.2. The molecule has 12 rings (SSSR count). The first kappa shape index (κ1) is 90.3. The number of unbranched alkanes of at least 4 members (excludes halogenated alkanes) is 1. The van der Waals surface area contributed by atoms with Crippen LogP contribution in [-0.4, -0.2) is 247 Å². The normalized spacial score (nSPS) is 17.3. The van der Waals surface area contributed by atoms with Gasteiger partial charge in [-0.05, 0) is 0 Å². The molecule has 0 saturated carbocycles. The van der Waals surface area contributed by atoms with Crippen molar-refractivity contribution in [3.05, 3.63) is 130 Å². The minimum atomic E-state index is -7.41. The van der Waals surface area contributed by atoms with Gasteiger partial charge in [-0.3, -0.25) is 0 Å². The molecule has 8 heterocycles. The maximum atomic E-state index is 12.4. The first-order valence-corrected chi connectivity index (χ1v) is 50.3. The molecule has 1 unspecified atom stereocenters. The molecule has 0 aliphatic carbocycles. The van der Waals surface area contributed by atoms with Crippen molar-refractivity contribution < 1.29 is 220 Å². The van der Waals surface area contributed by atoms with Crippen molar-refractivity contribution in [3.8, 4) is 0 Å². The number of quaternary nitrogens is 2. The van der Waals surface area contributed by atoms with Gasteiger partial charge in [0.1, 0.15) is 0 Å². The summed E-state index contributed by atoms with van der Waals surface area (Å²) >= 11 is 0. The van der Waals surface area contributed by atoms with E-state index in [4.69, 9.17) is 34.2 Å². The third-order valence-corrected chi connectivity index (χ3v) is 40.8. The molecule has 0 saturated heterocycles. The molecule has 560 valence electrons. The van der Waals surface area contributed by atoms with Crippen molar-refractivity contribution in [2.75, 3.05) is 115 Å². The smallest absolute Gasteiger partial charge is 0.550 e. The van der Waals surface area contributed by atoms with Gasteiger partial charge in [0.2, 0.25) is 0 Å². The summed E-state index contributed by atoms with van der Waals surface area (Å²) in [6.45, 7) is 13.8. The first-order chi connectivity index (χ1) is 48.6. The fourth-order valence-electron chi connectivity index (χ4n) is 17.0. The zero-order chi connectivity index (χ0) is 73.7. The Morgan fingerprint density at radius 1 is 0.439 bits per heavy atom. The van der Waals surface area contributed by atoms with Crippen LogP contribution in [0.1, 0.15) is 87.0 Å². The number of carboxylic acids is 1.